The molecule has 2 aliphatic rings. The lowest BCUT2D eigenvalue weighted by molar-refractivity contribution is -0.116. The lowest BCUT2D eigenvalue weighted by atomic mass is 9.93. The van der Waals surface area contributed by atoms with E-state index in [0.717, 1.165) is 30.6 Å². The zero-order valence-corrected chi connectivity index (χ0v) is 18.0. The summed E-state index contributed by atoms with van der Waals surface area (Å²) in [5.41, 5.74) is 9.29. The molecule has 158 valence electrons. The molecular formula is C23H30N6O. The lowest BCUT2D eigenvalue weighted by Crippen LogP contribution is -2.20. The monoisotopic (exact) mass is 406 g/mol. The fourth-order valence-electron chi connectivity index (χ4n) is 4.54. The standard InChI is InChI=1S/C23H30N6O/c1-15(2)21-18(7-6-10-29-8-4-5-9-29)16(3)26-20(21)11-19-22(27-28-23(19)30)17-12-24-14-25-13-17/h11-15,26H,4-10H2,1-3H3,(H,28,30)/b19-11+. The Hall–Kier alpha value is -2.80. The number of aryl methyl sites for hydroxylation is 1. The molecule has 0 aromatic carbocycles. The van der Waals surface area contributed by atoms with Crippen molar-refractivity contribution in [3.8, 4) is 0 Å². The van der Waals surface area contributed by atoms with Crippen LogP contribution in [0.25, 0.3) is 6.08 Å². The van der Waals surface area contributed by atoms with Crippen molar-refractivity contribution in [1.82, 2.24) is 25.3 Å². The van der Waals surface area contributed by atoms with Crippen molar-refractivity contribution in [3.05, 3.63) is 52.4 Å². The number of nitrogens with one attached hydrogen (secondary N) is 2. The summed E-state index contributed by atoms with van der Waals surface area (Å²) in [6, 6.07) is 0. The Morgan fingerprint density at radius 2 is 1.93 bits per heavy atom. The molecule has 0 spiro atoms. The molecule has 4 rings (SSSR count). The van der Waals surface area contributed by atoms with Gasteiger partial charge in [0, 0.05) is 29.3 Å². The molecule has 30 heavy (non-hydrogen) atoms. The molecule has 1 amide bonds. The number of nitrogens with zero attached hydrogens (tertiary/aromatic N) is 4. The van der Waals surface area contributed by atoms with Crippen LogP contribution in [0.4, 0.5) is 0 Å². The minimum absolute atomic E-state index is 0.202. The van der Waals surface area contributed by atoms with Gasteiger partial charge in [0.1, 0.15) is 12.0 Å². The highest BCUT2D eigenvalue weighted by atomic mass is 16.2. The summed E-state index contributed by atoms with van der Waals surface area (Å²) in [5.74, 6) is 0.153. The number of amides is 1. The van der Waals surface area contributed by atoms with Crippen LogP contribution in [0, 0.1) is 6.92 Å². The first kappa shape index (κ1) is 20.5. The van der Waals surface area contributed by atoms with Crippen molar-refractivity contribution in [2.45, 2.75) is 52.4 Å². The van der Waals surface area contributed by atoms with Crippen LogP contribution in [-0.4, -0.2) is 51.1 Å². The molecule has 0 aliphatic carbocycles. The maximum Gasteiger partial charge on any atom is 0.273 e. The summed E-state index contributed by atoms with van der Waals surface area (Å²) < 4.78 is 0. The van der Waals surface area contributed by atoms with Crippen molar-refractivity contribution in [1.29, 1.82) is 0 Å². The zero-order valence-electron chi connectivity index (χ0n) is 18.0. The number of hydrazone groups is 1. The predicted molar refractivity (Wildman–Crippen MR) is 118 cm³/mol. The number of carbonyl (C=O) groups is 1. The van der Waals surface area contributed by atoms with Crippen LogP contribution in [-0.2, 0) is 11.2 Å². The Labute approximate surface area is 177 Å². The van der Waals surface area contributed by atoms with E-state index in [4.69, 9.17) is 0 Å². The molecule has 1 saturated heterocycles. The van der Waals surface area contributed by atoms with Crippen LogP contribution in [0.15, 0.2) is 29.4 Å². The minimum atomic E-state index is -0.202. The molecule has 0 unspecified atom stereocenters. The van der Waals surface area contributed by atoms with Crippen molar-refractivity contribution in [2.75, 3.05) is 19.6 Å². The SMILES string of the molecule is Cc1[nH]c(/C=C2/C(=O)NN=C2c2cncnc2)c(C(C)C)c1CCCN1CCCC1. The van der Waals surface area contributed by atoms with Gasteiger partial charge in [0.2, 0.25) is 0 Å². The summed E-state index contributed by atoms with van der Waals surface area (Å²) in [7, 11) is 0. The smallest absolute Gasteiger partial charge is 0.273 e. The number of carbonyl (C=O) groups excluding carboxylic acids is 1. The highest BCUT2D eigenvalue weighted by Gasteiger charge is 2.26. The molecule has 0 atom stereocenters. The maximum atomic E-state index is 12.5. The fraction of sp³-hybridized carbons (Fsp3) is 0.478. The Bertz CT molecular complexity index is 967. The number of aromatic amines is 1. The average Bonchev–Trinajstić information content (AvgIpc) is 3.44. The third-order valence-corrected chi connectivity index (χ3v) is 5.96. The van der Waals surface area contributed by atoms with E-state index in [9.17, 15) is 4.79 Å². The highest BCUT2D eigenvalue weighted by Crippen LogP contribution is 2.30. The van der Waals surface area contributed by atoms with Gasteiger partial charge in [-0.25, -0.2) is 15.4 Å². The third kappa shape index (κ3) is 4.21. The van der Waals surface area contributed by atoms with Gasteiger partial charge < -0.3 is 9.88 Å². The van der Waals surface area contributed by atoms with Crippen molar-refractivity contribution >= 4 is 17.7 Å². The number of H-pyrrole nitrogens is 1. The van der Waals surface area contributed by atoms with Crippen LogP contribution in [0.2, 0.25) is 0 Å². The summed E-state index contributed by atoms with van der Waals surface area (Å²) in [5, 5.41) is 4.21. The molecule has 0 saturated carbocycles. The first-order valence-corrected chi connectivity index (χ1v) is 10.8. The number of likely N-dealkylation sites (tertiary alicyclic amines) is 1. The summed E-state index contributed by atoms with van der Waals surface area (Å²) in [6.45, 7) is 10.2. The number of rotatable bonds is 7. The fourth-order valence-corrected chi connectivity index (χ4v) is 4.54. The van der Waals surface area contributed by atoms with Crippen LogP contribution in [0.3, 0.4) is 0 Å². The van der Waals surface area contributed by atoms with Gasteiger partial charge in [0.25, 0.3) is 5.91 Å². The van der Waals surface area contributed by atoms with E-state index < -0.39 is 0 Å². The zero-order chi connectivity index (χ0) is 21.1. The van der Waals surface area contributed by atoms with Gasteiger partial charge >= 0.3 is 0 Å². The van der Waals surface area contributed by atoms with Gasteiger partial charge in [-0.15, -0.1) is 0 Å². The second kappa shape index (κ2) is 8.92. The Kier molecular flexibility index (Phi) is 6.08. The van der Waals surface area contributed by atoms with E-state index in [1.165, 1.54) is 49.1 Å². The van der Waals surface area contributed by atoms with E-state index in [-0.39, 0.29) is 5.91 Å². The largest absolute Gasteiger partial charge is 0.359 e. The minimum Gasteiger partial charge on any atom is -0.359 e. The van der Waals surface area contributed by atoms with Gasteiger partial charge in [-0.1, -0.05) is 13.8 Å². The molecule has 2 aromatic heterocycles. The molecular weight excluding hydrogens is 376 g/mol. The molecule has 4 heterocycles. The Balaban J connectivity index is 1.61. The molecule has 1 fully saturated rings. The average molecular weight is 407 g/mol. The molecule has 2 aliphatic heterocycles. The van der Waals surface area contributed by atoms with E-state index in [1.807, 2.05) is 6.08 Å². The van der Waals surface area contributed by atoms with Gasteiger partial charge in [-0.3, -0.25) is 4.79 Å². The molecule has 0 radical (unpaired) electrons. The quantitative estimate of drug-likeness (QED) is 0.692. The molecule has 2 N–H and O–H groups in total. The highest BCUT2D eigenvalue weighted by molar-refractivity contribution is 6.33. The molecule has 7 nitrogen and oxygen atoms in total. The lowest BCUT2D eigenvalue weighted by Gasteiger charge is -2.15. The van der Waals surface area contributed by atoms with Gasteiger partial charge in [-0.05, 0) is 75.4 Å². The van der Waals surface area contributed by atoms with E-state index in [1.54, 1.807) is 12.4 Å². The van der Waals surface area contributed by atoms with Crippen molar-refractivity contribution < 1.29 is 4.79 Å². The Morgan fingerprint density at radius 3 is 2.63 bits per heavy atom. The van der Waals surface area contributed by atoms with Crippen LogP contribution in [0.1, 0.15) is 67.1 Å². The van der Waals surface area contributed by atoms with E-state index in [0.29, 0.717) is 17.2 Å². The van der Waals surface area contributed by atoms with E-state index >= 15 is 0 Å². The normalized spacial score (nSPS) is 18.5. The third-order valence-electron chi connectivity index (χ3n) is 5.96. The van der Waals surface area contributed by atoms with E-state index in [2.05, 4.69) is 51.2 Å². The van der Waals surface area contributed by atoms with Crippen molar-refractivity contribution in [2.24, 2.45) is 5.10 Å². The summed E-state index contributed by atoms with van der Waals surface area (Å²) in [4.78, 5) is 26.7. The second-order valence-electron chi connectivity index (χ2n) is 8.45. The number of hydrogen-bond acceptors (Lipinski definition) is 5. The first-order valence-electron chi connectivity index (χ1n) is 10.8. The molecule has 7 heteroatoms. The number of hydrogen-bond donors (Lipinski definition) is 2. The number of aromatic nitrogens is 3. The van der Waals surface area contributed by atoms with Crippen LogP contribution in [0.5, 0.6) is 0 Å². The summed E-state index contributed by atoms with van der Waals surface area (Å²) in [6.07, 6.45) is 11.6. The Morgan fingerprint density at radius 1 is 1.20 bits per heavy atom. The predicted octanol–water partition coefficient (Wildman–Crippen LogP) is 3.18. The van der Waals surface area contributed by atoms with Crippen LogP contribution >= 0.6 is 0 Å². The van der Waals surface area contributed by atoms with Crippen LogP contribution < -0.4 is 5.43 Å². The maximum absolute atomic E-state index is 12.5. The first-order chi connectivity index (χ1) is 14.5. The second-order valence-corrected chi connectivity index (χ2v) is 8.45. The van der Waals surface area contributed by atoms with Gasteiger partial charge in [0.15, 0.2) is 0 Å². The topological polar surface area (TPSA) is 86.3 Å². The van der Waals surface area contributed by atoms with Gasteiger partial charge in [0.05, 0.1) is 5.57 Å². The molecule has 2 aromatic rings. The summed E-state index contributed by atoms with van der Waals surface area (Å²) >= 11 is 0. The van der Waals surface area contributed by atoms with Crippen molar-refractivity contribution in [3.63, 3.8) is 0 Å². The molecule has 0 bridgehead atoms. The van der Waals surface area contributed by atoms with Gasteiger partial charge in [-0.2, -0.15) is 5.10 Å².